The average molecular weight is 394 g/mol. The molecular weight excluding hydrogens is 380 g/mol. The molecule has 0 aliphatic carbocycles. The van der Waals surface area contributed by atoms with Crippen molar-refractivity contribution in [3.8, 4) is 5.69 Å². The predicted octanol–water partition coefficient (Wildman–Crippen LogP) is 4.17. The fourth-order valence-corrected chi connectivity index (χ4v) is 2.55. The minimum absolute atomic E-state index is 0.497. The molecule has 0 spiro atoms. The summed E-state index contributed by atoms with van der Waals surface area (Å²) in [7, 11) is 1.81. The number of hydrogen-bond acceptors (Lipinski definition) is 5. The normalized spacial score (nSPS) is 10.6. The Hall–Kier alpha value is -2.12. The lowest BCUT2D eigenvalue weighted by Gasteiger charge is -2.06. The third kappa shape index (κ3) is 3.46. The lowest BCUT2D eigenvalue weighted by molar-refractivity contribution is 0.863. The molecule has 8 heteroatoms. The third-order valence-electron chi connectivity index (χ3n) is 3.22. The molecule has 0 amide bonds. The number of halogens is 2. The van der Waals surface area contributed by atoms with Gasteiger partial charge in [0.1, 0.15) is 5.82 Å². The van der Waals surface area contributed by atoms with E-state index in [4.69, 9.17) is 11.6 Å². The Bertz CT molecular complexity index is 830. The van der Waals surface area contributed by atoms with Gasteiger partial charge in [-0.05, 0) is 47.1 Å². The van der Waals surface area contributed by atoms with Crippen LogP contribution in [0.1, 0.15) is 5.69 Å². The van der Waals surface area contributed by atoms with Crippen LogP contribution in [0.3, 0.4) is 0 Å². The second kappa shape index (κ2) is 6.55. The summed E-state index contributed by atoms with van der Waals surface area (Å²) >= 11 is 9.30. The Kier molecular flexibility index (Phi) is 4.49. The second-order valence-corrected chi connectivity index (χ2v) is 6.11. The maximum absolute atomic E-state index is 5.92. The van der Waals surface area contributed by atoms with Crippen molar-refractivity contribution in [1.29, 1.82) is 0 Å². The van der Waals surface area contributed by atoms with Crippen molar-refractivity contribution < 1.29 is 0 Å². The van der Waals surface area contributed by atoms with Gasteiger partial charge in [0.15, 0.2) is 0 Å². The third-order valence-corrected chi connectivity index (χ3v) is 4.05. The van der Waals surface area contributed by atoms with Crippen LogP contribution in [0.2, 0.25) is 5.02 Å². The highest BCUT2D eigenvalue weighted by Crippen LogP contribution is 2.23. The van der Waals surface area contributed by atoms with E-state index in [1.165, 1.54) is 0 Å². The molecule has 0 aliphatic heterocycles. The SMILES string of the molecule is CNc1nc(Nc2cn(-c3ccc(Cl)cc3)nc2C)ncc1Br. The van der Waals surface area contributed by atoms with Gasteiger partial charge >= 0.3 is 0 Å². The molecule has 0 fully saturated rings. The van der Waals surface area contributed by atoms with E-state index >= 15 is 0 Å². The molecule has 0 bridgehead atoms. The first-order valence-corrected chi connectivity index (χ1v) is 8.03. The molecule has 2 heterocycles. The molecule has 118 valence electrons. The molecule has 1 aromatic carbocycles. The first-order chi connectivity index (χ1) is 11.1. The molecule has 3 aromatic rings. The van der Waals surface area contributed by atoms with E-state index in [0.29, 0.717) is 16.8 Å². The van der Waals surface area contributed by atoms with E-state index in [1.54, 1.807) is 17.9 Å². The standard InChI is InChI=1S/C15H14BrClN6/c1-9-13(20-15-19-7-12(16)14(18-2)21-15)8-23(22-9)11-5-3-10(17)4-6-11/h3-8H,1-2H3,(H2,18,19,20,21). The van der Waals surface area contributed by atoms with Gasteiger partial charge in [-0.3, -0.25) is 0 Å². The van der Waals surface area contributed by atoms with Gasteiger partial charge in [-0.25, -0.2) is 9.67 Å². The number of aromatic nitrogens is 4. The summed E-state index contributed by atoms with van der Waals surface area (Å²) in [6.45, 7) is 1.92. The van der Waals surface area contributed by atoms with Gasteiger partial charge < -0.3 is 10.6 Å². The first kappa shape index (κ1) is 15.8. The Balaban J connectivity index is 1.88. The number of benzene rings is 1. The molecule has 23 heavy (non-hydrogen) atoms. The monoisotopic (exact) mass is 392 g/mol. The van der Waals surface area contributed by atoms with Gasteiger partial charge in [0, 0.05) is 18.3 Å². The molecule has 6 nitrogen and oxygen atoms in total. The molecule has 0 radical (unpaired) electrons. The molecule has 0 unspecified atom stereocenters. The fourth-order valence-electron chi connectivity index (χ4n) is 2.03. The second-order valence-electron chi connectivity index (χ2n) is 4.81. The largest absolute Gasteiger partial charge is 0.372 e. The summed E-state index contributed by atoms with van der Waals surface area (Å²) in [5, 5.41) is 11.4. The maximum atomic E-state index is 5.92. The van der Waals surface area contributed by atoms with E-state index in [-0.39, 0.29) is 0 Å². The van der Waals surface area contributed by atoms with Gasteiger partial charge in [0.05, 0.1) is 27.7 Å². The molecule has 3 rings (SSSR count). The summed E-state index contributed by atoms with van der Waals surface area (Å²) in [4.78, 5) is 8.64. The van der Waals surface area contributed by atoms with E-state index in [2.05, 4.69) is 41.6 Å². The molecule has 0 aliphatic rings. The molecule has 0 saturated heterocycles. The summed E-state index contributed by atoms with van der Waals surface area (Å²) in [5.74, 6) is 1.21. The number of nitrogens with zero attached hydrogens (tertiary/aromatic N) is 4. The molecule has 2 N–H and O–H groups in total. The van der Waals surface area contributed by atoms with E-state index in [0.717, 1.165) is 21.5 Å². The number of aryl methyl sites for hydroxylation is 1. The highest BCUT2D eigenvalue weighted by Gasteiger charge is 2.09. The smallest absolute Gasteiger partial charge is 0.229 e. The number of hydrogen-bond donors (Lipinski definition) is 2. The van der Waals surface area contributed by atoms with E-state index in [1.807, 2.05) is 37.4 Å². The first-order valence-electron chi connectivity index (χ1n) is 6.86. The molecular formula is C15H14BrClN6. The van der Waals surface area contributed by atoms with Crippen LogP contribution < -0.4 is 10.6 Å². The average Bonchev–Trinajstić information content (AvgIpc) is 2.91. The van der Waals surface area contributed by atoms with E-state index < -0.39 is 0 Å². The van der Waals surface area contributed by atoms with Crippen LogP contribution in [-0.2, 0) is 0 Å². The summed E-state index contributed by atoms with van der Waals surface area (Å²) in [6.07, 6.45) is 3.59. The van der Waals surface area contributed by atoms with Crippen molar-refractivity contribution >= 4 is 45.0 Å². The van der Waals surface area contributed by atoms with Crippen molar-refractivity contribution in [3.05, 3.63) is 51.8 Å². The van der Waals surface area contributed by atoms with E-state index in [9.17, 15) is 0 Å². The zero-order chi connectivity index (χ0) is 16.4. The minimum atomic E-state index is 0.497. The van der Waals surface area contributed by atoms with Crippen molar-refractivity contribution in [2.24, 2.45) is 0 Å². The Morgan fingerprint density at radius 2 is 1.96 bits per heavy atom. The lowest BCUT2D eigenvalue weighted by atomic mass is 10.3. The van der Waals surface area contributed by atoms with Crippen LogP contribution in [0, 0.1) is 6.92 Å². The van der Waals surface area contributed by atoms with Gasteiger partial charge in [-0.1, -0.05) is 11.6 Å². The molecule has 0 atom stereocenters. The van der Waals surface area contributed by atoms with Gasteiger partial charge in [-0.15, -0.1) is 0 Å². The maximum Gasteiger partial charge on any atom is 0.229 e. The van der Waals surface area contributed by atoms with Crippen LogP contribution in [0.5, 0.6) is 0 Å². The van der Waals surface area contributed by atoms with Crippen LogP contribution in [0.15, 0.2) is 41.1 Å². The van der Waals surface area contributed by atoms with Gasteiger partial charge in [0.2, 0.25) is 5.95 Å². The van der Waals surface area contributed by atoms with Gasteiger partial charge in [0.25, 0.3) is 0 Å². The van der Waals surface area contributed by atoms with Crippen molar-refractivity contribution in [3.63, 3.8) is 0 Å². The summed E-state index contributed by atoms with van der Waals surface area (Å²) < 4.78 is 2.59. The van der Waals surface area contributed by atoms with Crippen LogP contribution >= 0.6 is 27.5 Å². The fraction of sp³-hybridized carbons (Fsp3) is 0.133. The zero-order valence-corrected chi connectivity index (χ0v) is 14.9. The number of rotatable bonds is 4. The van der Waals surface area contributed by atoms with Crippen LogP contribution in [-0.4, -0.2) is 26.8 Å². The Labute approximate surface area is 147 Å². The quantitative estimate of drug-likeness (QED) is 0.696. The number of anilines is 3. The van der Waals surface area contributed by atoms with Crippen molar-refractivity contribution in [1.82, 2.24) is 19.7 Å². The summed E-state index contributed by atoms with van der Waals surface area (Å²) in [6, 6.07) is 7.48. The van der Waals surface area contributed by atoms with Gasteiger partial charge in [-0.2, -0.15) is 10.1 Å². The Morgan fingerprint density at radius 1 is 1.22 bits per heavy atom. The van der Waals surface area contributed by atoms with Crippen LogP contribution in [0.4, 0.5) is 17.5 Å². The van der Waals surface area contributed by atoms with Crippen molar-refractivity contribution in [2.75, 3.05) is 17.7 Å². The minimum Gasteiger partial charge on any atom is -0.372 e. The zero-order valence-electron chi connectivity index (χ0n) is 12.5. The number of nitrogens with one attached hydrogen (secondary N) is 2. The highest BCUT2D eigenvalue weighted by molar-refractivity contribution is 9.10. The molecule has 0 saturated carbocycles. The van der Waals surface area contributed by atoms with Crippen LogP contribution in [0.25, 0.3) is 5.69 Å². The Morgan fingerprint density at radius 3 is 2.65 bits per heavy atom. The topological polar surface area (TPSA) is 67.7 Å². The highest BCUT2D eigenvalue weighted by atomic mass is 79.9. The predicted molar refractivity (Wildman–Crippen MR) is 95.9 cm³/mol. The lowest BCUT2D eigenvalue weighted by Crippen LogP contribution is -2.01. The van der Waals surface area contributed by atoms with Crippen molar-refractivity contribution in [2.45, 2.75) is 6.92 Å². The summed E-state index contributed by atoms with van der Waals surface area (Å²) in [5.41, 5.74) is 2.61. The molecule has 2 aromatic heterocycles.